The van der Waals surface area contributed by atoms with Crippen molar-refractivity contribution in [3.63, 3.8) is 0 Å². The van der Waals surface area contributed by atoms with Crippen LogP contribution in [0.25, 0.3) is 76.5 Å². The second kappa shape index (κ2) is 19.9. The molecule has 0 aromatic heterocycles. The highest BCUT2D eigenvalue weighted by Crippen LogP contribution is 2.46. The van der Waals surface area contributed by atoms with E-state index in [-0.39, 0.29) is 0 Å². The lowest BCUT2D eigenvalue weighted by molar-refractivity contribution is 1.63. The van der Waals surface area contributed by atoms with E-state index in [0.29, 0.717) is 0 Å². The second-order valence-electron chi connectivity index (χ2n) is 20.6. The summed E-state index contributed by atoms with van der Waals surface area (Å²) in [5.41, 5.74) is 7.33. The molecule has 0 nitrogen and oxygen atoms in total. The van der Waals surface area contributed by atoms with Crippen LogP contribution in [-0.4, -0.2) is 16.1 Å². The highest BCUT2D eigenvalue weighted by molar-refractivity contribution is 7.20. The number of hydrogen-bond acceptors (Lipinski definition) is 0. The Morgan fingerprint density at radius 3 is 0.974 bits per heavy atom. The maximum Gasteiger partial charge on any atom is 0.179 e. The average molecular weight is 1020 g/mol. The van der Waals surface area contributed by atoms with Gasteiger partial charge >= 0.3 is 0 Å². The molecule has 14 aromatic rings. The molecule has 2 heteroatoms. The van der Waals surface area contributed by atoms with Gasteiger partial charge in [-0.05, 0) is 124 Å². The third-order valence-electron chi connectivity index (χ3n) is 16.5. The molecule has 0 atom stereocenters. The first-order chi connectivity index (χ1) is 38.7. The third kappa shape index (κ3) is 7.79. The Morgan fingerprint density at radius 1 is 0.167 bits per heavy atom. The van der Waals surface area contributed by atoms with Gasteiger partial charge in [0.15, 0.2) is 16.1 Å². The summed E-state index contributed by atoms with van der Waals surface area (Å²) >= 11 is 0. The molecule has 14 aromatic carbocycles. The van der Waals surface area contributed by atoms with E-state index in [9.17, 15) is 0 Å². The Morgan fingerprint density at radius 2 is 0.526 bits per heavy atom. The van der Waals surface area contributed by atoms with Crippen LogP contribution >= 0.6 is 0 Å². The Labute approximate surface area is 458 Å². The summed E-state index contributed by atoms with van der Waals surface area (Å²) in [4.78, 5) is 0. The van der Waals surface area contributed by atoms with E-state index in [1.165, 1.54) is 118 Å². The van der Waals surface area contributed by atoms with Crippen molar-refractivity contribution in [1.82, 2.24) is 0 Å². The predicted molar refractivity (Wildman–Crippen MR) is 340 cm³/mol. The largest absolute Gasteiger partial charge is 0.179 e. The fourth-order valence-corrected chi connectivity index (χ4v) is 22.6. The summed E-state index contributed by atoms with van der Waals surface area (Å²) in [5, 5.41) is 20.7. The molecule has 0 saturated heterocycles. The quantitative estimate of drug-likeness (QED) is 0.0688. The van der Waals surface area contributed by atoms with Crippen molar-refractivity contribution < 1.29 is 0 Å². The highest BCUT2D eigenvalue weighted by Gasteiger charge is 2.43. The van der Waals surface area contributed by atoms with Crippen LogP contribution in [0.4, 0.5) is 0 Å². The van der Waals surface area contributed by atoms with E-state index < -0.39 is 16.1 Å². The lowest BCUT2D eigenvalue weighted by Crippen LogP contribution is -2.74. The molecule has 0 saturated carbocycles. The molecular weight excluding hydrogens is 969 g/mol. The minimum atomic E-state index is -2.99. The summed E-state index contributed by atoms with van der Waals surface area (Å²) in [7, 11) is -5.98. The first kappa shape index (κ1) is 47.0. The van der Waals surface area contributed by atoms with E-state index in [4.69, 9.17) is 0 Å². The summed E-state index contributed by atoms with van der Waals surface area (Å²) in [5.74, 6) is 0. The summed E-state index contributed by atoms with van der Waals surface area (Å²) in [6.45, 7) is 0. The summed E-state index contributed by atoms with van der Waals surface area (Å²) in [6.07, 6.45) is 0. The monoisotopic (exact) mass is 1020 g/mol. The molecule has 0 aliphatic rings. The standard InChI is InChI=1S/C76H54Si2/c1-7-28-61(29-8-1)77(62-30-9-2-10-31-62,63-32-11-3-12-33-63)67-48-50-71-73(53-67)76(70-41-23-27-57-25-21-22-40-69(57)70)74-54-68(78(64-34-13-4-14-35-64,65-36-15-5-16-37-65)66-38-17-6-18-39-66)49-51-72(74)75(71)58-45-42-56(43-46-58)60-47-44-55-24-19-20-26-59(55)52-60/h1-54H. The minimum absolute atomic E-state index is 1.19. The van der Waals surface area contributed by atoms with Crippen LogP contribution in [0, 0.1) is 0 Å². The lowest BCUT2D eigenvalue weighted by atomic mass is 9.84. The van der Waals surface area contributed by atoms with Crippen LogP contribution in [0.2, 0.25) is 0 Å². The molecule has 0 amide bonds. The zero-order valence-electron chi connectivity index (χ0n) is 43.2. The fraction of sp³-hybridized carbons (Fsp3) is 0. The zero-order valence-corrected chi connectivity index (χ0v) is 45.2. The Bertz CT molecular complexity index is 4060. The van der Waals surface area contributed by atoms with Gasteiger partial charge < -0.3 is 0 Å². The van der Waals surface area contributed by atoms with E-state index in [1.54, 1.807) is 0 Å². The van der Waals surface area contributed by atoms with Gasteiger partial charge in [-0.1, -0.05) is 322 Å². The molecule has 0 bridgehead atoms. The average Bonchev–Trinajstić information content (AvgIpc) is 3.63. The van der Waals surface area contributed by atoms with E-state index in [0.717, 1.165) is 0 Å². The number of rotatable bonds is 11. The molecule has 78 heavy (non-hydrogen) atoms. The van der Waals surface area contributed by atoms with Gasteiger partial charge in [0, 0.05) is 0 Å². The van der Waals surface area contributed by atoms with Crippen LogP contribution in [0.3, 0.4) is 0 Å². The van der Waals surface area contributed by atoms with Gasteiger partial charge in [0.05, 0.1) is 0 Å². The van der Waals surface area contributed by atoms with Crippen LogP contribution in [-0.2, 0) is 0 Å². The SMILES string of the molecule is c1ccc([Si](c2ccccc2)(c2ccccc2)c2ccc3c(-c4ccc(-c5ccc6ccccc6c5)cc4)c4ccc([Si](c5ccccc5)(c5ccccc5)c5ccccc5)cc4c(-c4cccc5ccccc45)c3c2)cc1. The molecule has 0 radical (unpaired) electrons. The Kier molecular flexibility index (Phi) is 12.0. The Hall–Kier alpha value is -9.45. The van der Waals surface area contributed by atoms with Gasteiger partial charge in [-0.15, -0.1) is 0 Å². The lowest BCUT2D eigenvalue weighted by Gasteiger charge is -2.35. The van der Waals surface area contributed by atoms with Gasteiger partial charge in [0.25, 0.3) is 0 Å². The molecule has 0 aliphatic carbocycles. The van der Waals surface area contributed by atoms with E-state index in [1.807, 2.05) is 0 Å². The smallest absolute Gasteiger partial charge is 0.0623 e. The maximum atomic E-state index is 2.63. The number of fused-ring (bicyclic) bond motifs is 4. The minimum Gasteiger partial charge on any atom is -0.0623 e. The van der Waals surface area contributed by atoms with E-state index in [2.05, 4.69) is 328 Å². The van der Waals surface area contributed by atoms with Crippen LogP contribution in [0.15, 0.2) is 328 Å². The first-order valence-corrected chi connectivity index (χ1v) is 31.1. The predicted octanol–water partition coefficient (Wildman–Crippen LogP) is 14.1. The summed E-state index contributed by atoms with van der Waals surface area (Å²) < 4.78 is 0. The second-order valence-corrected chi connectivity index (χ2v) is 28.3. The van der Waals surface area contributed by atoms with Crippen molar-refractivity contribution in [3.05, 3.63) is 328 Å². The summed E-state index contributed by atoms with van der Waals surface area (Å²) in [6, 6.07) is 124. The molecule has 0 aliphatic heterocycles. The zero-order chi connectivity index (χ0) is 51.9. The molecule has 0 spiro atoms. The van der Waals surface area contributed by atoms with Gasteiger partial charge in [-0.25, -0.2) is 0 Å². The molecule has 366 valence electrons. The van der Waals surface area contributed by atoms with Crippen LogP contribution in [0.5, 0.6) is 0 Å². The van der Waals surface area contributed by atoms with Gasteiger partial charge in [0.1, 0.15) is 0 Å². The first-order valence-electron chi connectivity index (χ1n) is 27.1. The molecule has 0 heterocycles. The third-order valence-corrected chi connectivity index (χ3v) is 26.1. The molecular formula is C76H54Si2. The molecule has 0 fully saturated rings. The number of hydrogen-bond donors (Lipinski definition) is 0. The van der Waals surface area contributed by atoms with Crippen molar-refractivity contribution >= 4 is 101 Å². The van der Waals surface area contributed by atoms with Gasteiger partial charge in [0.2, 0.25) is 0 Å². The highest BCUT2D eigenvalue weighted by atomic mass is 28.3. The van der Waals surface area contributed by atoms with Crippen molar-refractivity contribution in [2.24, 2.45) is 0 Å². The molecule has 14 rings (SSSR count). The fourth-order valence-electron chi connectivity index (χ4n) is 13.1. The van der Waals surface area contributed by atoms with Crippen LogP contribution in [0.1, 0.15) is 0 Å². The van der Waals surface area contributed by atoms with Gasteiger partial charge in [-0.3, -0.25) is 0 Å². The van der Waals surface area contributed by atoms with Crippen LogP contribution < -0.4 is 41.5 Å². The van der Waals surface area contributed by atoms with Crippen molar-refractivity contribution in [3.8, 4) is 33.4 Å². The van der Waals surface area contributed by atoms with Crippen molar-refractivity contribution in [1.29, 1.82) is 0 Å². The molecule has 0 unspecified atom stereocenters. The van der Waals surface area contributed by atoms with Crippen molar-refractivity contribution in [2.75, 3.05) is 0 Å². The van der Waals surface area contributed by atoms with Crippen molar-refractivity contribution in [2.45, 2.75) is 0 Å². The number of benzene rings is 14. The molecule has 0 N–H and O–H groups in total. The van der Waals surface area contributed by atoms with Gasteiger partial charge in [-0.2, -0.15) is 0 Å². The van der Waals surface area contributed by atoms with E-state index >= 15 is 0 Å². The Balaban J connectivity index is 1.15. The topological polar surface area (TPSA) is 0 Å². The normalized spacial score (nSPS) is 11.8. The maximum absolute atomic E-state index is 2.99.